The van der Waals surface area contributed by atoms with E-state index in [9.17, 15) is 0 Å². The molecule has 0 aliphatic rings. The minimum absolute atomic E-state index is 0.439. The zero-order chi connectivity index (χ0) is 11.4. The molecule has 0 saturated carbocycles. The van der Waals surface area contributed by atoms with Crippen LogP contribution in [0.5, 0.6) is 0 Å². The Morgan fingerprint density at radius 1 is 1.33 bits per heavy atom. The Balaban J connectivity index is 2.63. The molecular weight excluding hydrogens is 186 g/mol. The molecule has 0 aromatic carbocycles. The molecule has 0 aliphatic heterocycles. The number of hydrogen-bond donors (Lipinski definition) is 1. The Morgan fingerprint density at radius 3 is 2.40 bits per heavy atom. The predicted molar refractivity (Wildman–Crippen MR) is 63.7 cm³/mol. The van der Waals surface area contributed by atoms with Crippen LogP contribution in [0.25, 0.3) is 0 Å². The van der Waals surface area contributed by atoms with Gasteiger partial charge in [-0.3, -0.25) is 4.68 Å². The number of nitrogens with two attached hydrogens (primary N) is 1. The molecule has 1 rings (SSSR count). The van der Waals surface area contributed by atoms with E-state index in [0.717, 1.165) is 18.7 Å². The highest BCUT2D eigenvalue weighted by atomic mass is 15.3. The van der Waals surface area contributed by atoms with Gasteiger partial charge in [0.15, 0.2) is 0 Å². The zero-order valence-electron chi connectivity index (χ0n) is 10.3. The van der Waals surface area contributed by atoms with Gasteiger partial charge in [-0.15, -0.1) is 0 Å². The highest BCUT2D eigenvalue weighted by Gasteiger charge is 2.13. The third-order valence-electron chi connectivity index (χ3n) is 2.91. The summed E-state index contributed by atoms with van der Waals surface area (Å²) in [5.74, 6) is 1.17. The van der Waals surface area contributed by atoms with Crippen molar-refractivity contribution in [2.75, 3.05) is 6.54 Å². The molecule has 0 radical (unpaired) electrons. The molecule has 15 heavy (non-hydrogen) atoms. The molecule has 3 heteroatoms. The second kappa shape index (κ2) is 5.31. The normalized spacial score (nSPS) is 13.8. The summed E-state index contributed by atoms with van der Waals surface area (Å²) in [6, 6.07) is 2.54. The van der Waals surface area contributed by atoms with Crippen LogP contribution in [-0.2, 0) is 6.42 Å². The van der Waals surface area contributed by atoms with Gasteiger partial charge in [-0.1, -0.05) is 13.8 Å². The van der Waals surface area contributed by atoms with Gasteiger partial charge in [-0.2, -0.15) is 5.10 Å². The standard InChI is InChI=1S/C12H23N3/c1-9(2)11(8-13)7-12-5-6-15(14-12)10(3)4/h5-6,9-11H,7-8,13H2,1-4H3. The van der Waals surface area contributed by atoms with Crippen LogP contribution in [0.1, 0.15) is 39.4 Å². The van der Waals surface area contributed by atoms with Crippen LogP contribution in [0.4, 0.5) is 0 Å². The molecule has 0 saturated heterocycles. The van der Waals surface area contributed by atoms with Gasteiger partial charge in [0.2, 0.25) is 0 Å². The van der Waals surface area contributed by atoms with Crippen molar-refractivity contribution in [3.8, 4) is 0 Å². The van der Waals surface area contributed by atoms with Crippen LogP contribution >= 0.6 is 0 Å². The first kappa shape index (κ1) is 12.2. The van der Waals surface area contributed by atoms with Gasteiger partial charge in [0.05, 0.1) is 5.69 Å². The Morgan fingerprint density at radius 2 is 2.00 bits per heavy atom. The molecule has 1 heterocycles. The summed E-state index contributed by atoms with van der Waals surface area (Å²) in [7, 11) is 0. The first-order valence-electron chi connectivity index (χ1n) is 5.78. The second-order valence-electron chi connectivity index (χ2n) is 4.82. The average molecular weight is 209 g/mol. The van der Waals surface area contributed by atoms with E-state index in [4.69, 9.17) is 5.73 Å². The Labute approximate surface area is 92.7 Å². The van der Waals surface area contributed by atoms with E-state index in [1.165, 1.54) is 0 Å². The van der Waals surface area contributed by atoms with E-state index in [1.54, 1.807) is 0 Å². The molecule has 86 valence electrons. The molecule has 1 atom stereocenters. The van der Waals surface area contributed by atoms with Crippen LogP contribution in [0.2, 0.25) is 0 Å². The fraction of sp³-hybridized carbons (Fsp3) is 0.750. The highest BCUT2D eigenvalue weighted by Crippen LogP contribution is 2.15. The first-order chi connectivity index (χ1) is 7.04. The number of hydrogen-bond acceptors (Lipinski definition) is 2. The van der Waals surface area contributed by atoms with Gasteiger partial charge >= 0.3 is 0 Å². The summed E-state index contributed by atoms with van der Waals surface area (Å²) in [6.07, 6.45) is 3.04. The van der Waals surface area contributed by atoms with Crippen LogP contribution in [0.15, 0.2) is 12.3 Å². The first-order valence-corrected chi connectivity index (χ1v) is 5.78. The summed E-state index contributed by atoms with van der Waals surface area (Å²) in [4.78, 5) is 0. The Bertz CT molecular complexity index is 289. The fourth-order valence-electron chi connectivity index (χ4n) is 1.63. The minimum atomic E-state index is 0.439. The van der Waals surface area contributed by atoms with Crippen molar-refractivity contribution in [2.45, 2.75) is 40.2 Å². The van der Waals surface area contributed by atoms with Crippen LogP contribution < -0.4 is 5.73 Å². The van der Waals surface area contributed by atoms with Crippen LogP contribution in [-0.4, -0.2) is 16.3 Å². The monoisotopic (exact) mass is 209 g/mol. The van der Waals surface area contributed by atoms with Crippen molar-refractivity contribution in [2.24, 2.45) is 17.6 Å². The van der Waals surface area contributed by atoms with E-state index < -0.39 is 0 Å². The summed E-state index contributed by atoms with van der Waals surface area (Å²) >= 11 is 0. The minimum Gasteiger partial charge on any atom is -0.330 e. The smallest absolute Gasteiger partial charge is 0.0628 e. The highest BCUT2D eigenvalue weighted by molar-refractivity contribution is 5.01. The molecule has 1 unspecified atom stereocenters. The van der Waals surface area contributed by atoms with Crippen molar-refractivity contribution in [1.29, 1.82) is 0 Å². The fourth-order valence-corrected chi connectivity index (χ4v) is 1.63. The third-order valence-corrected chi connectivity index (χ3v) is 2.91. The molecule has 0 amide bonds. The number of nitrogens with zero attached hydrogens (tertiary/aromatic N) is 2. The predicted octanol–water partition coefficient (Wildman–Crippen LogP) is 2.24. The number of rotatable bonds is 5. The molecular formula is C12H23N3. The SMILES string of the molecule is CC(C)C(CN)Cc1ccn(C(C)C)n1. The van der Waals surface area contributed by atoms with Gasteiger partial charge < -0.3 is 5.73 Å². The van der Waals surface area contributed by atoms with Gasteiger partial charge in [-0.05, 0) is 44.7 Å². The quantitative estimate of drug-likeness (QED) is 0.808. The van der Waals surface area contributed by atoms with E-state index in [0.29, 0.717) is 17.9 Å². The maximum absolute atomic E-state index is 5.75. The zero-order valence-corrected chi connectivity index (χ0v) is 10.3. The third kappa shape index (κ3) is 3.34. The number of aromatic nitrogens is 2. The maximum atomic E-state index is 5.75. The lowest BCUT2D eigenvalue weighted by atomic mass is 9.91. The van der Waals surface area contributed by atoms with Crippen molar-refractivity contribution in [1.82, 2.24) is 9.78 Å². The van der Waals surface area contributed by atoms with Crippen LogP contribution in [0, 0.1) is 11.8 Å². The van der Waals surface area contributed by atoms with E-state index in [2.05, 4.69) is 38.9 Å². The summed E-state index contributed by atoms with van der Waals surface area (Å²) < 4.78 is 2.00. The van der Waals surface area contributed by atoms with Gasteiger partial charge in [0, 0.05) is 12.2 Å². The molecule has 2 N–H and O–H groups in total. The lowest BCUT2D eigenvalue weighted by Crippen LogP contribution is -2.22. The molecule has 3 nitrogen and oxygen atoms in total. The molecule has 0 spiro atoms. The Kier molecular flexibility index (Phi) is 4.33. The topological polar surface area (TPSA) is 43.8 Å². The second-order valence-corrected chi connectivity index (χ2v) is 4.82. The van der Waals surface area contributed by atoms with E-state index >= 15 is 0 Å². The van der Waals surface area contributed by atoms with Gasteiger partial charge in [0.1, 0.15) is 0 Å². The van der Waals surface area contributed by atoms with Gasteiger partial charge in [0.25, 0.3) is 0 Å². The molecule has 0 fully saturated rings. The molecule has 1 aromatic heterocycles. The van der Waals surface area contributed by atoms with Crippen LogP contribution in [0.3, 0.4) is 0 Å². The lowest BCUT2D eigenvalue weighted by molar-refractivity contribution is 0.385. The average Bonchev–Trinajstić information content (AvgIpc) is 2.61. The van der Waals surface area contributed by atoms with Crippen molar-refractivity contribution in [3.05, 3.63) is 18.0 Å². The van der Waals surface area contributed by atoms with E-state index in [1.807, 2.05) is 10.9 Å². The molecule has 0 aliphatic carbocycles. The van der Waals surface area contributed by atoms with Crippen molar-refractivity contribution < 1.29 is 0 Å². The Hall–Kier alpha value is -0.830. The van der Waals surface area contributed by atoms with E-state index in [-0.39, 0.29) is 0 Å². The summed E-state index contributed by atoms with van der Waals surface area (Å²) in [5.41, 5.74) is 6.91. The van der Waals surface area contributed by atoms with Crippen molar-refractivity contribution >= 4 is 0 Å². The molecule has 1 aromatic rings. The summed E-state index contributed by atoms with van der Waals surface area (Å²) in [6.45, 7) is 9.46. The van der Waals surface area contributed by atoms with Gasteiger partial charge in [-0.25, -0.2) is 0 Å². The summed E-state index contributed by atoms with van der Waals surface area (Å²) in [5, 5.41) is 4.54. The maximum Gasteiger partial charge on any atom is 0.0628 e. The lowest BCUT2D eigenvalue weighted by Gasteiger charge is -2.17. The molecule has 0 bridgehead atoms. The van der Waals surface area contributed by atoms with Crippen molar-refractivity contribution in [3.63, 3.8) is 0 Å². The largest absolute Gasteiger partial charge is 0.330 e.